The Labute approximate surface area is 124 Å². The molecule has 1 aromatic rings. The van der Waals surface area contributed by atoms with Gasteiger partial charge >= 0.3 is 0 Å². The van der Waals surface area contributed by atoms with Crippen LogP contribution in [0.5, 0.6) is 0 Å². The zero-order chi connectivity index (χ0) is 14.0. The largest absolute Gasteiger partial charge is 0.389 e. The average molecular weight is 294 g/mol. The summed E-state index contributed by atoms with van der Waals surface area (Å²) in [5, 5.41) is 10.3. The summed E-state index contributed by atoms with van der Waals surface area (Å²) >= 11 is 1.91. The SMILES string of the molecule is CC(O)c1cccc(SC2CCOC3(CCOC3)C2)c1. The summed E-state index contributed by atoms with van der Waals surface area (Å²) in [5.74, 6) is 0. The molecule has 0 saturated carbocycles. The Hall–Kier alpha value is -0.550. The zero-order valence-corrected chi connectivity index (χ0v) is 12.7. The Morgan fingerprint density at radius 1 is 1.40 bits per heavy atom. The molecule has 110 valence electrons. The highest BCUT2D eigenvalue weighted by Gasteiger charge is 2.41. The number of hydrogen-bond donors (Lipinski definition) is 1. The molecule has 3 rings (SSSR count). The topological polar surface area (TPSA) is 38.7 Å². The number of ether oxygens (including phenoxy) is 2. The molecule has 1 N–H and O–H groups in total. The number of benzene rings is 1. The molecule has 0 radical (unpaired) electrons. The van der Waals surface area contributed by atoms with Crippen LogP contribution in [0, 0.1) is 0 Å². The summed E-state index contributed by atoms with van der Waals surface area (Å²) in [6.45, 7) is 4.22. The van der Waals surface area contributed by atoms with Gasteiger partial charge in [0.2, 0.25) is 0 Å². The summed E-state index contributed by atoms with van der Waals surface area (Å²) in [6.07, 6.45) is 2.78. The van der Waals surface area contributed by atoms with E-state index < -0.39 is 6.10 Å². The van der Waals surface area contributed by atoms with Crippen molar-refractivity contribution in [1.29, 1.82) is 0 Å². The molecule has 4 heteroatoms. The lowest BCUT2D eigenvalue weighted by atomic mass is 9.93. The first-order valence-corrected chi connectivity index (χ1v) is 8.21. The molecule has 0 amide bonds. The molecule has 3 unspecified atom stereocenters. The van der Waals surface area contributed by atoms with Crippen molar-refractivity contribution in [3.63, 3.8) is 0 Å². The van der Waals surface area contributed by atoms with E-state index in [9.17, 15) is 5.11 Å². The normalized spacial score (nSPS) is 31.6. The second-order valence-corrected chi connectivity index (χ2v) is 7.19. The van der Waals surface area contributed by atoms with Crippen LogP contribution in [0.3, 0.4) is 0 Å². The van der Waals surface area contributed by atoms with Gasteiger partial charge in [0.1, 0.15) is 0 Å². The molecule has 3 nitrogen and oxygen atoms in total. The fourth-order valence-electron chi connectivity index (χ4n) is 2.99. The van der Waals surface area contributed by atoms with Gasteiger partial charge in [0, 0.05) is 29.8 Å². The van der Waals surface area contributed by atoms with Gasteiger partial charge in [-0.15, -0.1) is 11.8 Å². The highest BCUT2D eigenvalue weighted by atomic mass is 32.2. The third kappa shape index (κ3) is 3.19. The van der Waals surface area contributed by atoms with Crippen molar-refractivity contribution in [3.8, 4) is 0 Å². The molecule has 1 spiro atoms. The third-order valence-electron chi connectivity index (χ3n) is 4.16. The summed E-state index contributed by atoms with van der Waals surface area (Å²) in [6, 6.07) is 8.23. The maximum atomic E-state index is 9.68. The molecule has 2 aliphatic heterocycles. The van der Waals surface area contributed by atoms with Crippen LogP contribution in [0.2, 0.25) is 0 Å². The second kappa shape index (κ2) is 6.06. The van der Waals surface area contributed by atoms with Crippen LogP contribution in [-0.2, 0) is 9.47 Å². The van der Waals surface area contributed by atoms with E-state index in [1.165, 1.54) is 4.90 Å². The molecule has 2 saturated heterocycles. The van der Waals surface area contributed by atoms with Crippen molar-refractivity contribution in [2.45, 2.75) is 48.0 Å². The molecular weight excluding hydrogens is 272 g/mol. The highest BCUT2D eigenvalue weighted by Crippen LogP contribution is 2.40. The Morgan fingerprint density at radius 2 is 2.30 bits per heavy atom. The van der Waals surface area contributed by atoms with Crippen LogP contribution >= 0.6 is 11.8 Å². The average Bonchev–Trinajstić information content (AvgIpc) is 2.87. The van der Waals surface area contributed by atoms with Gasteiger partial charge in [0.25, 0.3) is 0 Å². The Balaban J connectivity index is 1.66. The van der Waals surface area contributed by atoms with Gasteiger partial charge in [-0.3, -0.25) is 0 Å². The van der Waals surface area contributed by atoms with Crippen molar-refractivity contribution in [2.24, 2.45) is 0 Å². The number of aliphatic hydroxyl groups is 1. The van der Waals surface area contributed by atoms with Gasteiger partial charge < -0.3 is 14.6 Å². The van der Waals surface area contributed by atoms with E-state index in [4.69, 9.17) is 9.47 Å². The molecule has 3 atom stereocenters. The van der Waals surface area contributed by atoms with E-state index in [1.54, 1.807) is 0 Å². The smallest absolute Gasteiger partial charge is 0.0947 e. The predicted molar refractivity (Wildman–Crippen MR) is 80.1 cm³/mol. The van der Waals surface area contributed by atoms with E-state index >= 15 is 0 Å². The molecular formula is C16H22O3S. The van der Waals surface area contributed by atoms with Crippen molar-refractivity contribution < 1.29 is 14.6 Å². The summed E-state index contributed by atoms with van der Waals surface area (Å²) in [7, 11) is 0. The van der Waals surface area contributed by atoms with Crippen LogP contribution in [-0.4, -0.2) is 35.8 Å². The fourth-order valence-corrected chi connectivity index (χ4v) is 4.33. The summed E-state index contributed by atoms with van der Waals surface area (Å²) < 4.78 is 11.5. The van der Waals surface area contributed by atoms with E-state index in [1.807, 2.05) is 30.8 Å². The minimum Gasteiger partial charge on any atom is -0.389 e. The van der Waals surface area contributed by atoms with Crippen molar-refractivity contribution >= 4 is 11.8 Å². The van der Waals surface area contributed by atoms with Gasteiger partial charge in [-0.1, -0.05) is 12.1 Å². The van der Waals surface area contributed by atoms with Gasteiger partial charge in [0.15, 0.2) is 0 Å². The molecule has 2 aliphatic rings. The minimum absolute atomic E-state index is 0.0300. The monoisotopic (exact) mass is 294 g/mol. The van der Waals surface area contributed by atoms with Crippen LogP contribution in [0.1, 0.15) is 37.9 Å². The van der Waals surface area contributed by atoms with Crippen LogP contribution in [0.25, 0.3) is 0 Å². The molecule has 1 aromatic carbocycles. The fraction of sp³-hybridized carbons (Fsp3) is 0.625. The van der Waals surface area contributed by atoms with E-state index in [0.29, 0.717) is 5.25 Å². The number of aliphatic hydroxyl groups excluding tert-OH is 1. The second-order valence-electron chi connectivity index (χ2n) is 5.82. The van der Waals surface area contributed by atoms with Crippen LogP contribution < -0.4 is 0 Å². The first-order valence-electron chi connectivity index (χ1n) is 7.33. The Kier molecular flexibility index (Phi) is 4.36. The van der Waals surface area contributed by atoms with Crippen LogP contribution in [0.15, 0.2) is 29.2 Å². The molecule has 2 heterocycles. The lowest BCUT2D eigenvalue weighted by molar-refractivity contribution is -0.0769. The Morgan fingerprint density at radius 3 is 3.05 bits per heavy atom. The van der Waals surface area contributed by atoms with Crippen molar-refractivity contribution in [3.05, 3.63) is 29.8 Å². The van der Waals surface area contributed by atoms with E-state index in [2.05, 4.69) is 12.1 Å². The first kappa shape index (κ1) is 14.4. The summed E-state index contributed by atoms with van der Waals surface area (Å²) in [4.78, 5) is 1.24. The zero-order valence-electron chi connectivity index (χ0n) is 11.9. The van der Waals surface area contributed by atoms with Gasteiger partial charge in [-0.05, 0) is 37.5 Å². The third-order valence-corrected chi connectivity index (χ3v) is 5.42. The number of thioether (sulfide) groups is 1. The van der Waals surface area contributed by atoms with E-state index in [0.717, 1.165) is 44.6 Å². The minimum atomic E-state index is -0.403. The summed E-state index contributed by atoms with van der Waals surface area (Å²) in [5.41, 5.74) is 0.957. The molecule has 0 aromatic heterocycles. The molecule has 20 heavy (non-hydrogen) atoms. The molecule has 2 fully saturated rings. The van der Waals surface area contributed by atoms with Crippen molar-refractivity contribution in [2.75, 3.05) is 19.8 Å². The standard InChI is InChI=1S/C16H22O3S/c1-12(17)13-3-2-4-14(9-13)20-15-5-7-19-16(10-15)6-8-18-11-16/h2-4,9,12,15,17H,5-8,10-11H2,1H3. The maximum Gasteiger partial charge on any atom is 0.0947 e. The Bertz CT molecular complexity index is 455. The number of hydrogen-bond acceptors (Lipinski definition) is 4. The van der Waals surface area contributed by atoms with Gasteiger partial charge in [0.05, 0.1) is 18.3 Å². The predicted octanol–water partition coefficient (Wildman–Crippen LogP) is 3.17. The van der Waals surface area contributed by atoms with Crippen molar-refractivity contribution in [1.82, 2.24) is 0 Å². The van der Waals surface area contributed by atoms with E-state index in [-0.39, 0.29) is 5.60 Å². The molecule has 0 aliphatic carbocycles. The number of rotatable bonds is 3. The quantitative estimate of drug-likeness (QED) is 0.929. The maximum absolute atomic E-state index is 9.68. The lowest BCUT2D eigenvalue weighted by Gasteiger charge is -2.36. The lowest BCUT2D eigenvalue weighted by Crippen LogP contribution is -2.41. The molecule has 0 bridgehead atoms. The highest BCUT2D eigenvalue weighted by molar-refractivity contribution is 8.00. The van der Waals surface area contributed by atoms with Gasteiger partial charge in [-0.2, -0.15) is 0 Å². The first-order chi connectivity index (χ1) is 9.67. The van der Waals surface area contributed by atoms with Crippen LogP contribution in [0.4, 0.5) is 0 Å². The van der Waals surface area contributed by atoms with Gasteiger partial charge in [-0.25, -0.2) is 0 Å².